The Morgan fingerprint density at radius 3 is 2.88 bits per heavy atom. The lowest BCUT2D eigenvalue weighted by Gasteiger charge is -2.07. The Hall–Kier alpha value is -3.20. The molecule has 0 bridgehead atoms. The van der Waals surface area contributed by atoms with Gasteiger partial charge in [0.25, 0.3) is 0 Å². The van der Waals surface area contributed by atoms with Crippen molar-refractivity contribution in [1.82, 2.24) is 19.8 Å². The van der Waals surface area contributed by atoms with Crippen LogP contribution in [0.3, 0.4) is 0 Å². The molecule has 4 aromatic rings. The van der Waals surface area contributed by atoms with Gasteiger partial charge in [-0.3, -0.25) is 0 Å². The van der Waals surface area contributed by atoms with Crippen molar-refractivity contribution in [2.45, 2.75) is 6.42 Å². The largest absolute Gasteiger partial charge is 0.505 e. The zero-order valence-corrected chi connectivity index (χ0v) is 14.5. The summed E-state index contributed by atoms with van der Waals surface area (Å²) in [6.07, 6.45) is 0.343. The molecular formula is C17H14FN5O2S. The first-order valence-electron chi connectivity index (χ1n) is 7.72. The number of para-hydroxylation sites is 2. The topological polar surface area (TPSA) is 84.6 Å². The van der Waals surface area contributed by atoms with Crippen LogP contribution in [0.1, 0.15) is 11.4 Å². The number of nitrogens with zero attached hydrogens (tertiary/aromatic N) is 4. The van der Waals surface area contributed by atoms with Gasteiger partial charge >= 0.3 is 0 Å². The number of rotatable bonds is 5. The minimum Gasteiger partial charge on any atom is -0.505 e. The third-order valence-corrected chi connectivity index (χ3v) is 4.59. The predicted octanol–water partition coefficient (Wildman–Crippen LogP) is 3.37. The van der Waals surface area contributed by atoms with Gasteiger partial charge in [-0.1, -0.05) is 29.5 Å². The molecule has 7 nitrogen and oxygen atoms in total. The van der Waals surface area contributed by atoms with Gasteiger partial charge in [0, 0.05) is 6.42 Å². The minimum atomic E-state index is -0.667. The standard InChI is InChI=1S/C17H14FN5O2S/c1-25-14-5-3-2-4-12(14)19-16-22-23-15(20-21-17(23)26-16)9-10-6-7-13(24)11(18)8-10/h2-8,24H,9H2,1H3,(H,19,22). The molecule has 4 rings (SSSR count). The van der Waals surface area contributed by atoms with Crippen LogP contribution in [0, 0.1) is 5.82 Å². The molecule has 0 unspecified atom stereocenters. The Balaban J connectivity index is 1.61. The maximum atomic E-state index is 13.5. The fourth-order valence-corrected chi connectivity index (χ4v) is 3.29. The first kappa shape index (κ1) is 16.3. The second kappa shape index (κ2) is 6.60. The first-order chi connectivity index (χ1) is 12.6. The number of fused-ring (bicyclic) bond motifs is 1. The maximum Gasteiger partial charge on any atom is 0.236 e. The van der Waals surface area contributed by atoms with Crippen molar-refractivity contribution in [2.75, 3.05) is 12.4 Å². The van der Waals surface area contributed by atoms with Gasteiger partial charge < -0.3 is 15.2 Å². The second-order valence-corrected chi connectivity index (χ2v) is 6.46. The SMILES string of the molecule is COc1ccccc1Nc1nn2c(Cc3ccc(O)c(F)c3)nnc2s1. The Kier molecular flexibility index (Phi) is 4.13. The minimum absolute atomic E-state index is 0.343. The fourth-order valence-electron chi connectivity index (χ4n) is 2.52. The number of hydrogen-bond donors (Lipinski definition) is 2. The molecule has 0 radical (unpaired) electrons. The van der Waals surface area contributed by atoms with Gasteiger partial charge in [0.15, 0.2) is 17.4 Å². The van der Waals surface area contributed by atoms with E-state index in [1.54, 1.807) is 17.7 Å². The third-order valence-electron chi connectivity index (χ3n) is 3.78. The lowest BCUT2D eigenvalue weighted by molar-refractivity contribution is 0.417. The summed E-state index contributed by atoms with van der Waals surface area (Å²) in [4.78, 5) is 0.622. The molecule has 2 heterocycles. The van der Waals surface area contributed by atoms with Crippen LogP contribution in [-0.4, -0.2) is 32.0 Å². The molecule has 0 aliphatic carbocycles. The molecule has 0 atom stereocenters. The van der Waals surface area contributed by atoms with E-state index >= 15 is 0 Å². The number of ether oxygens (including phenoxy) is 1. The molecule has 0 spiro atoms. The summed E-state index contributed by atoms with van der Waals surface area (Å²) in [5, 5.41) is 25.8. The van der Waals surface area contributed by atoms with Crippen LogP contribution < -0.4 is 10.1 Å². The average molecular weight is 371 g/mol. The fraction of sp³-hybridized carbons (Fsp3) is 0.118. The van der Waals surface area contributed by atoms with Crippen LogP contribution in [0.25, 0.3) is 4.96 Å². The Bertz CT molecular complexity index is 1080. The number of methoxy groups -OCH3 is 1. The third kappa shape index (κ3) is 3.04. The monoisotopic (exact) mass is 371 g/mol. The number of phenolic OH excluding ortho intramolecular Hbond substituents is 1. The van der Waals surface area contributed by atoms with E-state index in [0.29, 0.717) is 33.7 Å². The van der Waals surface area contributed by atoms with Gasteiger partial charge in [-0.2, -0.15) is 4.52 Å². The van der Waals surface area contributed by atoms with Crippen LogP contribution in [0.15, 0.2) is 42.5 Å². The highest BCUT2D eigenvalue weighted by Gasteiger charge is 2.14. The summed E-state index contributed by atoms with van der Waals surface area (Å²) in [6, 6.07) is 11.8. The molecule has 0 saturated carbocycles. The highest BCUT2D eigenvalue weighted by Crippen LogP contribution is 2.29. The molecule has 9 heteroatoms. The van der Waals surface area contributed by atoms with E-state index in [1.807, 2.05) is 24.3 Å². The summed E-state index contributed by atoms with van der Waals surface area (Å²) in [7, 11) is 1.61. The van der Waals surface area contributed by atoms with E-state index in [0.717, 1.165) is 5.69 Å². The zero-order valence-electron chi connectivity index (χ0n) is 13.7. The van der Waals surface area contributed by atoms with Gasteiger partial charge in [-0.05, 0) is 29.8 Å². The summed E-state index contributed by atoms with van der Waals surface area (Å²) < 4.78 is 20.4. The highest BCUT2D eigenvalue weighted by molar-refractivity contribution is 7.20. The summed E-state index contributed by atoms with van der Waals surface area (Å²) in [6.45, 7) is 0. The number of benzene rings is 2. The zero-order chi connectivity index (χ0) is 18.1. The smallest absolute Gasteiger partial charge is 0.236 e. The van der Waals surface area contributed by atoms with Crippen molar-refractivity contribution in [1.29, 1.82) is 0 Å². The Morgan fingerprint density at radius 1 is 1.23 bits per heavy atom. The number of phenols is 1. The second-order valence-electron chi connectivity index (χ2n) is 5.51. The maximum absolute atomic E-state index is 13.5. The molecule has 0 amide bonds. The number of nitrogens with one attached hydrogen (secondary N) is 1. The van der Waals surface area contributed by atoms with Crippen LogP contribution in [0.2, 0.25) is 0 Å². The Morgan fingerprint density at radius 2 is 2.08 bits per heavy atom. The lowest BCUT2D eigenvalue weighted by atomic mass is 10.1. The van der Waals surface area contributed by atoms with Crippen molar-refractivity contribution in [2.24, 2.45) is 0 Å². The van der Waals surface area contributed by atoms with Crippen molar-refractivity contribution in [3.63, 3.8) is 0 Å². The first-order valence-corrected chi connectivity index (χ1v) is 8.54. The van der Waals surface area contributed by atoms with E-state index in [2.05, 4.69) is 20.6 Å². The molecule has 0 fully saturated rings. The van der Waals surface area contributed by atoms with Crippen LogP contribution in [0.5, 0.6) is 11.5 Å². The normalized spacial score (nSPS) is 11.0. The summed E-state index contributed by atoms with van der Waals surface area (Å²) in [5.74, 6) is 0.241. The number of hydrogen-bond acceptors (Lipinski definition) is 7. The lowest BCUT2D eigenvalue weighted by Crippen LogP contribution is -1.99. The number of anilines is 2. The number of halogens is 1. The van der Waals surface area contributed by atoms with E-state index in [1.165, 1.54) is 23.5 Å². The van der Waals surface area contributed by atoms with Crippen molar-refractivity contribution in [3.8, 4) is 11.5 Å². The van der Waals surface area contributed by atoms with E-state index < -0.39 is 5.82 Å². The van der Waals surface area contributed by atoms with Gasteiger partial charge in [0.1, 0.15) is 5.75 Å². The molecule has 26 heavy (non-hydrogen) atoms. The van der Waals surface area contributed by atoms with E-state index in [9.17, 15) is 9.50 Å². The van der Waals surface area contributed by atoms with E-state index in [4.69, 9.17) is 4.74 Å². The molecule has 2 aromatic heterocycles. The highest BCUT2D eigenvalue weighted by atomic mass is 32.1. The summed E-state index contributed by atoms with van der Waals surface area (Å²) in [5.41, 5.74) is 1.46. The number of aromatic nitrogens is 4. The van der Waals surface area contributed by atoms with Crippen molar-refractivity contribution in [3.05, 3.63) is 59.7 Å². The summed E-state index contributed by atoms with van der Waals surface area (Å²) >= 11 is 1.35. The number of aromatic hydroxyl groups is 1. The van der Waals surface area contributed by atoms with Crippen LogP contribution in [-0.2, 0) is 6.42 Å². The predicted molar refractivity (Wildman–Crippen MR) is 95.8 cm³/mol. The molecule has 0 aliphatic heterocycles. The molecule has 2 aromatic carbocycles. The van der Waals surface area contributed by atoms with Gasteiger partial charge in [-0.15, -0.1) is 15.3 Å². The Labute approximate surface area is 151 Å². The molecule has 0 aliphatic rings. The molecule has 132 valence electrons. The molecular weight excluding hydrogens is 357 g/mol. The van der Waals surface area contributed by atoms with E-state index in [-0.39, 0.29) is 5.75 Å². The van der Waals surface area contributed by atoms with Gasteiger partial charge in [-0.25, -0.2) is 4.39 Å². The average Bonchev–Trinajstić information content (AvgIpc) is 3.20. The quantitative estimate of drug-likeness (QED) is 0.560. The van der Waals surface area contributed by atoms with Gasteiger partial charge in [0.05, 0.1) is 12.8 Å². The van der Waals surface area contributed by atoms with Crippen molar-refractivity contribution >= 4 is 27.1 Å². The van der Waals surface area contributed by atoms with Crippen LogP contribution >= 0.6 is 11.3 Å². The van der Waals surface area contributed by atoms with Gasteiger partial charge in [0.2, 0.25) is 10.1 Å². The van der Waals surface area contributed by atoms with Crippen molar-refractivity contribution < 1.29 is 14.2 Å². The van der Waals surface area contributed by atoms with Crippen LogP contribution in [0.4, 0.5) is 15.2 Å². The molecule has 0 saturated heterocycles. The molecule has 2 N–H and O–H groups in total.